The van der Waals surface area contributed by atoms with E-state index in [0.29, 0.717) is 11.6 Å². The number of nitrogens with zero attached hydrogens (tertiary/aromatic N) is 2. The number of aryl methyl sites for hydroxylation is 1. The Morgan fingerprint density at radius 2 is 1.86 bits per heavy atom. The van der Waals surface area contributed by atoms with Gasteiger partial charge in [-0.05, 0) is 36.6 Å². The highest BCUT2D eigenvalue weighted by molar-refractivity contribution is 7.99. The number of benzene rings is 1. The quantitative estimate of drug-likeness (QED) is 0.918. The molecule has 0 saturated heterocycles. The van der Waals surface area contributed by atoms with E-state index in [-0.39, 0.29) is 4.90 Å². The van der Waals surface area contributed by atoms with Crippen LogP contribution in [0.3, 0.4) is 0 Å². The maximum Gasteiger partial charge on any atom is 0.137 e. The van der Waals surface area contributed by atoms with Crippen molar-refractivity contribution in [2.75, 3.05) is 0 Å². The molecule has 0 aliphatic heterocycles. The summed E-state index contributed by atoms with van der Waals surface area (Å²) in [5.74, 6) is -0.967. The Morgan fingerprint density at radius 3 is 2.48 bits per heavy atom. The smallest absolute Gasteiger partial charge is 0.137 e. The molecular weight excluding hydrogens is 292 g/mol. The van der Waals surface area contributed by atoms with Crippen LogP contribution in [0.1, 0.15) is 30.7 Å². The molecule has 0 unspecified atom stereocenters. The standard InChI is InChI=1S/C15H17F2N3S/c1-3-10-11(8-18)15(20-19-13(10)4-2)21-14-7-9(16)5-6-12(14)17/h5-7H,3-4,8,18H2,1-2H3. The predicted octanol–water partition coefficient (Wildman–Crippen LogP) is 3.49. The van der Waals surface area contributed by atoms with Gasteiger partial charge in [-0.2, -0.15) is 5.10 Å². The summed E-state index contributed by atoms with van der Waals surface area (Å²) in [6.45, 7) is 4.32. The molecule has 2 aromatic rings. The third-order valence-corrected chi connectivity index (χ3v) is 4.28. The second-order valence-corrected chi connectivity index (χ2v) is 5.53. The molecule has 0 fully saturated rings. The van der Waals surface area contributed by atoms with Crippen LogP contribution in [0.15, 0.2) is 28.1 Å². The van der Waals surface area contributed by atoms with E-state index in [1.165, 1.54) is 0 Å². The molecule has 6 heteroatoms. The zero-order chi connectivity index (χ0) is 15.4. The van der Waals surface area contributed by atoms with Gasteiger partial charge in [0, 0.05) is 12.1 Å². The van der Waals surface area contributed by atoms with Crippen molar-refractivity contribution < 1.29 is 8.78 Å². The summed E-state index contributed by atoms with van der Waals surface area (Å²) >= 11 is 1.06. The molecule has 1 aromatic heterocycles. The first-order chi connectivity index (χ1) is 10.1. The van der Waals surface area contributed by atoms with Gasteiger partial charge in [0.2, 0.25) is 0 Å². The molecule has 0 spiro atoms. The van der Waals surface area contributed by atoms with Gasteiger partial charge in [0.05, 0.1) is 10.6 Å². The maximum atomic E-state index is 13.8. The zero-order valence-electron chi connectivity index (χ0n) is 12.0. The second kappa shape index (κ2) is 6.95. The lowest BCUT2D eigenvalue weighted by molar-refractivity contribution is 0.577. The van der Waals surface area contributed by atoms with Crippen LogP contribution in [-0.2, 0) is 19.4 Å². The zero-order valence-corrected chi connectivity index (χ0v) is 12.8. The van der Waals surface area contributed by atoms with E-state index in [4.69, 9.17) is 5.73 Å². The number of rotatable bonds is 5. The third-order valence-electron chi connectivity index (χ3n) is 3.22. The average molecular weight is 309 g/mol. The van der Waals surface area contributed by atoms with Crippen LogP contribution < -0.4 is 5.73 Å². The van der Waals surface area contributed by atoms with Gasteiger partial charge in [-0.1, -0.05) is 25.6 Å². The number of aromatic nitrogens is 2. The van der Waals surface area contributed by atoms with Crippen LogP contribution in [0.25, 0.3) is 0 Å². The minimum atomic E-state index is -0.484. The van der Waals surface area contributed by atoms with Crippen LogP contribution in [0.2, 0.25) is 0 Å². The lowest BCUT2D eigenvalue weighted by Crippen LogP contribution is -2.10. The predicted molar refractivity (Wildman–Crippen MR) is 79.2 cm³/mol. The molecule has 3 nitrogen and oxygen atoms in total. The molecular formula is C15H17F2N3S. The first-order valence-corrected chi connectivity index (χ1v) is 7.62. The van der Waals surface area contributed by atoms with Gasteiger partial charge in [0.15, 0.2) is 0 Å². The first-order valence-electron chi connectivity index (χ1n) is 6.80. The van der Waals surface area contributed by atoms with Gasteiger partial charge >= 0.3 is 0 Å². The Hall–Kier alpha value is -1.53. The highest BCUT2D eigenvalue weighted by Gasteiger charge is 2.16. The molecule has 0 radical (unpaired) electrons. The average Bonchev–Trinajstić information content (AvgIpc) is 2.50. The Bertz CT molecular complexity index is 647. The Morgan fingerprint density at radius 1 is 1.10 bits per heavy atom. The first kappa shape index (κ1) is 15.9. The molecule has 112 valence electrons. The van der Waals surface area contributed by atoms with E-state index in [2.05, 4.69) is 10.2 Å². The molecule has 0 aliphatic carbocycles. The van der Waals surface area contributed by atoms with Crippen LogP contribution in [0, 0.1) is 11.6 Å². The lowest BCUT2D eigenvalue weighted by Gasteiger charge is -2.13. The van der Waals surface area contributed by atoms with E-state index in [0.717, 1.165) is 59.6 Å². The summed E-state index contributed by atoms with van der Waals surface area (Å²) < 4.78 is 27.0. The molecule has 0 atom stereocenters. The Labute approximate surface area is 127 Å². The lowest BCUT2D eigenvalue weighted by atomic mass is 10.0. The Balaban J connectivity index is 2.47. The fraction of sp³-hybridized carbons (Fsp3) is 0.333. The molecule has 0 saturated carbocycles. The number of hydrogen-bond donors (Lipinski definition) is 1. The topological polar surface area (TPSA) is 51.8 Å². The summed E-state index contributed by atoms with van der Waals surface area (Å²) in [5, 5.41) is 8.86. The molecule has 0 aliphatic rings. The van der Waals surface area contributed by atoms with E-state index in [1.54, 1.807) is 0 Å². The number of hydrogen-bond acceptors (Lipinski definition) is 4. The van der Waals surface area contributed by atoms with Gasteiger partial charge in [0.25, 0.3) is 0 Å². The van der Waals surface area contributed by atoms with E-state index in [9.17, 15) is 8.78 Å². The molecule has 1 aromatic carbocycles. The van der Waals surface area contributed by atoms with Gasteiger partial charge in [-0.15, -0.1) is 5.10 Å². The molecule has 1 heterocycles. The van der Waals surface area contributed by atoms with Crippen molar-refractivity contribution >= 4 is 11.8 Å². The van der Waals surface area contributed by atoms with Gasteiger partial charge in [-0.25, -0.2) is 8.78 Å². The van der Waals surface area contributed by atoms with Crippen molar-refractivity contribution in [1.29, 1.82) is 0 Å². The fourth-order valence-corrected chi connectivity index (χ4v) is 3.14. The van der Waals surface area contributed by atoms with Crippen molar-refractivity contribution in [3.8, 4) is 0 Å². The SMILES string of the molecule is CCc1nnc(Sc2cc(F)ccc2F)c(CN)c1CC. The number of nitrogens with two attached hydrogens (primary N) is 1. The number of halogens is 2. The van der Waals surface area contributed by atoms with Crippen LogP contribution >= 0.6 is 11.8 Å². The normalized spacial score (nSPS) is 10.9. The van der Waals surface area contributed by atoms with E-state index >= 15 is 0 Å². The maximum absolute atomic E-state index is 13.8. The van der Waals surface area contributed by atoms with Crippen molar-refractivity contribution in [2.24, 2.45) is 5.73 Å². The second-order valence-electron chi connectivity index (χ2n) is 4.50. The van der Waals surface area contributed by atoms with Crippen LogP contribution in [-0.4, -0.2) is 10.2 Å². The molecule has 2 N–H and O–H groups in total. The van der Waals surface area contributed by atoms with Gasteiger partial charge in [0.1, 0.15) is 16.7 Å². The van der Waals surface area contributed by atoms with Gasteiger partial charge < -0.3 is 5.73 Å². The largest absolute Gasteiger partial charge is 0.326 e. The molecule has 21 heavy (non-hydrogen) atoms. The summed E-state index contributed by atoms with van der Waals surface area (Å²) in [6.07, 6.45) is 1.55. The van der Waals surface area contributed by atoms with Gasteiger partial charge in [-0.3, -0.25) is 0 Å². The van der Waals surface area contributed by atoms with Crippen molar-refractivity contribution in [2.45, 2.75) is 43.2 Å². The highest BCUT2D eigenvalue weighted by atomic mass is 32.2. The minimum Gasteiger partial charge on any atom is -0.326 e. The fourth-order valence-electron chi connectivity index (χ4n) is 2.18. The highest BCUT2D eigenvalue weighted by Crippen LogP contribution is 2.33. The van der Waals surface area contributed by atoms with E-state index < -0.39 is 11.6 Å². The molecule has 0 amide bonds. The Kier molecular flexibility index (Phi) is 5.25. The molecule has 0 bridgehead atoms. The summed E-state index contributed by atoms with van der Waals surface area (Å²) in [5.41, 5.74) is 8.64. The van der Waals surface area contributed by atoms with Crippen molar-refractivity contribution in [3.63, 3.8) is 0 Å². The third kappa shape index (κ3) is 3.39. The minimum absolute atomic E-state index is 0.185. The van der Waals surface area contributed by atoms with Crippen LogP contribution in [0.5, 0.6) is 0 Å². The van der Waals surface area contributed by atoms with Crippen molar-refractivity contribution in [3.05, 3.63) is 46.7 Å². The summed E-state index contributed by atoms with van der Waals surface area (Å²) in [4.78, 5) is 0.185. The van der Waals surface area contributed by atoms with Crippen molar-refractivity contribution in [1.82, 2.24) is 10.2 Å². The summed E-state index contributed by atoms with van der Waals surface area (Å²) in [6, 6.07) is 3.35. The summed E-state index contributed by atoms with van der Waals surface area (Å²) in [7, 11) is 0. The monoisotopic (exact) mass is 309 g/mol. The molecule has 2 rings (SSSR count). The van der Waals surface area contributed by atoms with E-state index in [1.807, 2.05) is 13.8 Å². The van der Waals surface area contributed by atoms with Crippen LogP contribution in [0.4, 0.5) is 8.78 Å².